The molecule has 0 aromatic heterocycles. The van der Waals surface area contributed by atoms with Crippen molar-refractivity contribution in [3.05, 3.63) is 0 Å². The lowest BCUT2D eigenvalue weighted by atomic mass is 10.6. The first-order valence-electron chi connectivity index (χ1n) is 2.87. The maximum Gasteiger partial charge on any atom is 0.162 e. The van der Waals surface area contributed by atoms with Gasteiger partial charge in [0.2, 0.25) is 0 Å². The quantitative estimate of drug-likeness (QED) is 0.527. The Hall–Kier alpha value is 0.0700. The van der Waals surface area contributed by atoms with E-state index in [0.717, 1.165) is 18.1 Å². The first kappa shape index (κ1) is 10.1. The molecule has 60 valence electrons. The highest BCUT2D eigenvalue weighted by Gasteiger charge is 2.15. The number of nitrogens with one attached hydrogen (secondary N) is 1. The molecule has 1 aliphatic heterocycles. The first-order chi connectivity index (χ1) is 4.33. The molecule has 1 atom stereocenters. The summed E-state index contributed by atoms with van der Waals surface area (Å²) in [5, 5.41) is 3.06. The van der Waals surface area contributed by atoms with E-state index in [-0.39, 0.29) is 12.4 Å². The summed E-state index contributed by atoms with van der Waals surface area (Å²) in [6, 6.07) is 0. The molecule has 1 rings (SSSR count). The molecule has 1 N–H and O–H groups in total. The van der Waals surface area contributed by atoms with Crippen molar-refractivity contribution in [3.8, 4) is 0 Å². The van der Waals surface area contributed by atoms with Crippen LogP contribution in [0.15, 0.2) is 4.99 Å². The van der Waals surface area contributed by atoms with Crippen LogP contribution in [0.3, 0.4) is 0 Å². The summed E-state index contributed by atoms with van der Waals surface area (Å²) in [6.45, 7) is 0.805. The molecule has 0 radical (unpaired) electrons. The van der Waals surface area contributed by atoms with E-state index in [2.05, 4.69) is 10.3 Å². The van der Waals surface area contributed by atoms with Gasteiger partial charge in [-0.25, -0.2) is 0 Å². The highest BCUT2D eigenvalue weighted by atomic mass is 35.5. The molecule has 1 heterocycles. The summed E-state index contributed by atoms with van der Waals surface area (Å²) < 4.78 is 10.8. The highest BCUT2D eigenvalue weighted by Crippen LogP contribution is 1.95. The van der Waals surface area contributed by atoms with Crippen LogP contribution < -0.4 is 5.32 Å². The average Bonchev–Trinajstić information content (AvgIpc) is 1.88. The monoisotopic (exact) mass is 182 g/mol. The van der Waals surface area contributed by atoms with Crippen molar-refractivity contribution in [1.29, 1.82) is 0 Å². The Balaban J connectivity index is 0.000000810. The van der Waals surface area contributed by atoms with E-state index >= 15 is 0 Å². The Morgan fingerprint density at radius 3 is 2.80 bits per heavy atom. The molecule has 10 heavy (non-hydrogen) atoms. The molecule has 5 heteroatoms. The molecule has 1 fully saturated rings. The zero-order chi connectivity index (χ0) is 6.69. The van der Waals surface area contributed by atoms with Gasteiger partial charge >= 0.3 is 0 Å². The van der Waals surface area contributed by atoms with Gasteiger partial charge in [0.15, 0.2) is 5.75 Å². The molecular formula is C5H11ClN2OS. The molecule has 0 aliphatic carbocycles. The molecular weight excluding hydrogens is 172 g/mol. The normalized spacial score (nSPS) is 29.0. The Kier molecular flexibility index (Phi) is 4.85. The standard InChI is InChI=1S/C5H10N2OS.ClH/c1-6-5-4-9(8)3-2-7-5;/h2-4H2,1H3,(H,6,7);1H. The van der Waals surface area contributed by atoms with Crippen LogP contribution in [0.25, 0.3) is 0 Å². The van der Waals surface area contributed by atoms with E-state index in [1.165, 1.54) is 0 Å². The third-order valence-corrected chi connectivity index (χ3v) is 2.48. The van der Waals surface area contributed by atoms with Crippen molar-refractivity contribution in [3.63, 3.8) is 0 Å². The molecule has 1 unspecified atom stereocenters. The summed E-state index contributed by atoms with van der Waals surface area (Å²) in [5.41, 5.74) is 0. The van der Waals surface area contributed by atoms with Crippen LogP contribution in [0.2, 0.25) is 0 Å². The van der Waals surface area contributed by atoms with Crippen molar-refractivity contribution >= 4 is 29.4 Å². The van der Waals surface area contributed by atoms with Crippen molar-refractivity contribution in [2.45, 2.75) is 0 Å². The molecule has 1 saturated heterocycles. The summed E-state index contributed by atoms with van der Waals surface area (Å²) in [4.78, 5) is 3.91. The summed E-state index contributed by atoms with van der Waals surface area (Å²) >= 11 is -0.663. The van der Waals surface area contributed by atoms with Gasteiger partial charge in [-0.15, -0.1) is 12.4 Å². The van der Waals surface area contributed by atoms with E-state index in [0.29, 0.717) is 5.75 Å². The number of halogens is 1. The number of rotatable bonds is 0. The fourth-order valence-electron chi connectivity index (χ4n) is 0.728. The highest BCUT2D eigenvalue weighted by molar-refractivity contribution is 7.92. The fourth-order valence-corrected chi connectivity index (χ4v) is 1.74. The number of amidine groups is 1. The van der Waals surface area contributed by atoms with E-state index in [4.69, 9.17) is 0 Å². The molecule has 0 spiro atoms. The third kappa shape index (κ3) is 2.77. The van der Waals surface area contributed by atoms with Crippen molar-refractivity contribution in [2.24, 2.45) is 4.99 Å². The van der Waals surface area contributed by atoms with E-state index in [9.17, 15) is 4.55 Å². The molecule has 1 aliphatic rings. The van der Waals surface area contributed by atoms with Crippen LogP contribution in [-0.2, 0) is 11.2 Å². The fraction of sp³-hybridized carbons (Fsp3) is 0.800. The predicted octanol–water partition coefficient (Wildman–Crippen LogP) is -0.212. The van der Waals surface area contributed by atoms with Gasteiger partial charge in [-0.1, -0.05) is 0 Å². The lowest BCUT2D eigenvalue weighted by Gasteiger charge is -2.18. The van der Waals surface area contributed by atoms with Crippen LogP contribution in [0.1, 0.15) is 0 Å². The molecule has 0 amide bonds. The second kappa shape index (κ2) is 4.82. The average molecular weight is 183 g/mol. The van der Waals surface area contributed by atoms with E-state index < -0.39 is 11.2 Å². The number of hydrogen-bond acceptors (Lipinski definition) is 2. The van der Waals surface area contributed by atoms with Gasteiger partial charge in [0.1, 0.15) is 11.6 Å². The van der Waals surface area contributed by atoms with Crippen LogP contribution in [0.4, 0.5) is 0 Å². The second-order valence-electron chi connectivity index (χ2n) is 1.89. The molecule has 0 aromatic rings. The molecule has 0 bridgehead atoms. The summed E-state index contributed by atoms with van der Waals surface area (Å²) in [7, 11) is 1.71. The van der Waals surface area contributed by atoms with Crippen LogP contribution in [0.5, 0.6) is 0 Å². The lowest BCUT2D eigenvalue weighted by Crippen LogP contribution is -2.41. The van der Waals surface area contributed by atoms with Crippen molar-refractivity contribution in [2.75, 3.05) is 25.1 Å². The van der Waals surface area contributed by atoms with Gasteiger partial charge in [0.05, 0.1) is 6.54 Å². The predicted molar refractivity (Wildman–Crippen MR) is 46.5 cm³/mol. The van der Waals surface area contributed by atoms with E-state index in [1.807, 2.05) is 0 Å². The van der Waals surface area contributed by atoms with Crippen LogP contribution in [-0.4, -0.2) is 35.5 Å². The maximum absolute atomic E-state index is 10.8. The second-order valence-corrected chi connectivity index (χ2v) is 3.46. The topological polar surface area (TPSA) is 47.5 Å². The zero-order valence-electron chi connectivity index (χ0n) is 5.79. The zero-order valence-corrected chi connectivity index (χ0v) is 7.43. The number of aliphatic imine (C=N–C) groups is 1. The lowest BCUT2D eigenvalue weighted by molar-refractivity contribution is 0.594. The van der Waals surface area contributed by atoms with Gasteiger partial charge in [0.25, 0.3) is 0 Å². The van der Waals surface area contributed by atoms with Gasteiger partial charge in [-0.05, 0) is 11.2 Å². The van der Waals surface area contributed by atoms with Gasteiger partial charge in [-0.3, -0.25) is 4.99 Å². The first-order valence-corrected chi connectivity index (χ1v) is 4.36. The smallest absolute Gasteiger partial charge is 0.162 e. The van der Waals surface area contributed by atoms with Crippen molar-refractivity contribution in [1.82, 2.24) is 5.32 Å². The minimum atomic E-state index is -0.663. The minimum absolute atomic E-state index is 0. The molecule has 0 saturated carbocycles. The summed E-state index contributed by atoms with van der Waals surface area (Å²) in [6.07, 6.45) is 0. The Bertz CT molecular complexity index is 131. The maximum atomic E-state index is 10.8. The Labute approximate surface area is 69.9 Å². The van der Waals surface area contributed by atoms with Gasteiger partial charge < -0.3 is 9.87 Å². The van der Waals surface area contributed by atoms with Crippen molar-refractivity contribution < 1.29 is 4.55 Å². The SMILES string of the molecule is CN=C1C[S+]([O-])CCN1.Cl. The van der Waals surface area contributed by atoms with Gasteiger partial charge in [0, 0.05) is 7.05 Å². The largest absolute Gasteiger partial charge is 0.616 e. The minimum Gasteiger partial charge on any atom is -0.616 e. The number of nitrogens with zero attached hydrogens (tertiary/aromatic N) is 1. The molecule has 3 nitrogen and oxygen atoms in total. The van der Waals surface area contributed by atoms with Crippen LogP contribution >= 0.6 is 12.4 Å². The van der Waals surface area contributed by atoms with E-state index in [1.54, 1.807) is 7.05 Å². The Morgan fingerprint density at radius 2 is 2.40 bits per heavy atom. The summed E-state index contributed by atoms with van der Waals surface area (Å²) in [5.74, 6) is 2.25. The molecule has 0 aromatic carbocycles. The number of hydrogen-bond donors (Lipinski definition) is 1. The Morgan fingerprint density at radius 1 is 1.70 bits per heavy atom. The van der Waals surface area contributed by atoms with Gasteiger partial charge in [-0.2, -0.15) is 0 Å². The van der Waals surface area contributed by atoms with Crippen LogP contribution in [0, 0.1) is 0 Å². The third-order valence-electron chi connectivity index (χ3n) is 1.23.